The average molecular weight is 300 g/mol. The highest BCUT2D eigenvalue weighted by Gasteiger charge is 2.20. The maximum Gasteiger partial charge on any atom is 0.305 e. The third-order valence-corrected chi connectivity index (χ3v) is 4.17. The topological polar surface area (TPSA) is 95.5 Å². The zero-order chi connectivity index (χ0) is 15.3. The summed E-state index contributed by atoms with van der Waals surface area (Å²) in [4.78, 5) is 10.8. The maximum atomic E-state index is 12.2. The molecule has 6 nitrogen and oxygen atoms in total. The van der Waals surface area contributed by atoms with Crippen molar-refractivity contribution in [2.75, 3.05) is 5.32 Å². The van der Waals surface area contributed by atoms with Crippen molar-refractivity contribution in [3.63, 3.8) is 0 Å². The second kappa shape index (κ2) is 6.71. The molecule has 7 heteroatoms. The minimum Gasteiger partial charge on any atom is -0.481 e. The first kappa shape index (κ1) is 16.5. The third kappa shape index (κ3) is 4.82. The van der Waals surface area contributed by atoms with E-state index < -0.39 is 16.0 Å². The van der Waals surface area contributed by atoms with Gasteiger partial charge in [0, 0.05) is 12.1 Å². The molecule has 0 spiro atoms. The Bertz CT molecular complexity index is 569. The molecule has 0 heterocycles. The van der Waals surface area contributed by atoms with Gasteiger partial charge in [-0.1, -0.05) is 12.1 Å². The van der Waals surface area contributed by atoms with Gasteiger partial charge in [-0.25, -0.2) is 13.1 Å². The number of carboxylic acid groups (broad SMARTS) is 1. The summed E-state index contributed by atoms with van der Waals surface area (Å²) in [5.74, 6) is -0.939. The molecule has 0 saturated heterocycles. The van der Waals surface area contributed by atoms with Gasteiger partial charge in [0.05, 0.1) is 12.1 Å². The highest BCUT2D eigenvalue weighted by atomic mass is 32.2. The Morgan fingerprint density at radius 2 is 1.85 bits per heavy atom. The molecule has 0 aromatic heterocycles. The Hall–Kier alpha value is -1.60. The van der Waals surface area contributed by atoms with Crippen LogP contribution in [0, 0.1) is 0 Å². The molecule has 0 radical (unpaired) electrons. The Kier molecular flexibility index (Phi) is 5.52. The number of para-hydroxylation sites is 1. The average Bonchev–Trinajstić information content (AvgIpc) is 2.26. The van der Waals surface area contributed by atoms with Gasteiger partial charge < -0.3 is 10.4 Å². The number of benzene rings is 1. The summed E-state index contributed by atoms with van der Waals surface area (Å²) in [5, 5.41) is 11.7. The summed E-state index contributed by atoms with van der Waals surface area (Å²) < 4.78 is 26.9. The first-order valence-electron chi connectivity index (χ1n) is 6.32. The standard InChI is InChI=1S/C13H20N2O4S/c1-9(2)15-20(18,19)12-7-5-4-6-11(12)14-10(3)8-13(16)17/h4-7,9-10,14-15H,8H2,1-3H3,(H,16,17). The Morgan fingerprint density at radius 1 is 1.25 bits per heavy atom. The second-order valence-electron chi connectivity index (χ2n) is 4.92. The molecule has 0 aliphatic heterocycles. The zero-order valence-corrected chi connectivity index (χ0v) is 12.6. The fraction of sp³-hybridized carbons (Fsp3) is 0.462. The summed E-state index contributed by atoms with van der Waals surface area (Å²) in [7, 11) is -3.62. The number of aliphatic carboxylic acids is 1. The molecule has 3 N–H and O–H groups in total. The summed E-state index contributed by atoms with van der Waals surface area (Å²) in [5.41, 5.74) is 0.398. The van der Waals surface area contributed by atoms with Gasteiger partial charge in [-0.15, -0.1) is 0 Å². The van der Waals surface area contributed by atoms with Crippen LogP contribution in [0.2, 0.25) is 0 Å². The number of hydrogen-bond acceptors (Lipinski definition) is 4. The highest BCUT2D eigenvalue weighted by Crippen LogP contribution is 2.22. The molecule has 0 bridgehead atoms. The van der Waals surface area contributed by atoms with Crippen LogP contribution in [-0.2, 0) is 14.8 Å². The van der Waals surface area contributed by atoms with Crippen LogP contribution in [0.5, 0.6) is 0 Å². The normalized spacial score (nSPS) is 13.2. The predicted octanol–water partition coefficient (Wildman–Crippen LogP) is 1.65. The molecule has 20 heavy (non-hydrogen) atoms. The number of anilines is 1. The van der Waals surface area contributed by atoms with Crippen LogP contribution < -0.4 is 10.0 Å². The number of nitrogens with one attached hydrogen (secondary N) is 2. The summed E-state index contributed by atoms with van der Waals surface area (Å²) >= 11 is 0. The second-order valence-corrected chi connectivity index (χ2v) is 6.60. The molecule has 0 aliphatic carbocycles. The van der Waals surface area contributed by atoms with E-state index in [0.717, 1.165) is 0 Å². The molecule has 0 aliphatic rings. The summed E-state index contributed by atoms with van der Waals surface area (Å²) in [6.45, 7) is 5.16. The monoisotopic (exact) mass is 300 g/mol. The van der Waals surface area contributed by atoms with Gasteiger partial charge in [-0.2, -0.15) is 0 Å². The van der Waals surface area contributed by atoms with Gasteiger partial charge >= 0.3 is 5.97 Å². The number of hydrogen-bond donors (Lipinski definition) is 3. The number of carbonyl (C=O) groups is 1. The van der Waals surface area contributed by atoms with E-state index >= 15 is 0 Å². The highest BCUT2D eigenvalue weighted by molar-refractivity contribution is 7.89. The van der Waals surface area contributed by atoms with Crippen LogP contribution in [0.3, 0.4) is 0 Å². The van der Waals surface area contributed by atoms with Crippen LogP contribution in [0.4, 0.5) is 5.69 Å². The lowest BCUT2D eigenvalue weighted by molar-refractivity contribution is -0.137. The van der Waals surface area contributed by atoms with Crippen LogP contribution in [-0.4, -0.2) is 31.6 Å². The molecule has 1 aromatic carbocycles. The van der Waals surface area contributed by atoms with Gasteiger partial charge in [-0.3, -0.25) is 4.79 Å². The lowest BCUT2D eigenvalue weighted by atomic mass is 10.2. The van der Waals surface area contributed by atoms with Crippen molar-refractivity contribution >= 4 is 21.7 Å². The van der Waals surface area contributed by atoms with Gasteiger partial charge in [0.25, 0.3) is 0 Å². The summed E-state index contributed by atoms with van der Waals surface area (Å²) in [6, 6.07) is 5.84. The molecule has 1 rings (SSSR count). The van der Waals surface area contributed by atoms with E-state index in [2.05, 4.69) is 10.0 Å². The molecule has 0 saturated carbocycles. The fourth-order valence-corrected chi connectivity index (χ4v) is 3.19. The lowest BCUT2D eigenvalue weighted by Gasteiger charge is -2.17. The first-order chi connectivity index (χ1) is 9.22. The van der Waals surface area contributed by atoms with E-state index in [1.807, 2.05) is 0 Å². The minimum atomic E-state index is -3.62. The SMILES string of the molecule is CC(C)NS(=O)(=O)c1ccccc1NC(C)CC(=O)O. The van der Waals surface area contributed by atoms with Crippen molar-refractivity contribution in [1.82, 2.24) is 4.72 Å². The number of carboxylic acids is 1. The largest absolute Gasteiger partial charge is 0.481 e. The minimum absolute atomic E-state index is 0.0913. The first-order valence-corrected chi connectivity index (χ1v) is 7.80. The Labute approximate surface area is 119 Å². The van der Waals surface area contributed by atoms with Crippen molar-refractivity contribution in [1.29, 1.82) is 0 Å². The van der Waals surface area contributed by atoms with Gasteiger partial charge in [-0.05, 0) is 32.9 Å². The van der Waals surface area contributed by atoms with Gasteiger partial charge in [0.2, 0.25) is 10.0 Å². The van der Waals surface area contributed by atoms with Crippen molar-refractivity contribution in [3.8, 4) is 0 Å². The molecular weight excluding hydrogens is 280 g/mol. The van der Waals surface area contributed by atoms with Crippen LogP contribution in [0.25, 0.3) is 0 Å². The van der Waals surface area contributed by atoms with Crippen molar-refractivity contribution < 1.29 is 18.3 Å². The van der Waals surface area contributed by atoms with E-state index in [4.69, 9.17) is 5.11 Å². The molecule has 1 unspecified atom stereocenters. The van der Waals surface area contributed by atoms with Crippen molar-refractivity contribution in [3.05, 3.63) is 24.3 Å². The van der Waals surface area contributed by atoms with E-state index in [1.54, 1.807) is 39.0 Å². The molecule has 1 atom stereocenters. The zero-order valence-electron chi connectivity index (χ0n) is 11.8. The van der Waals surface area contributed by atoms with Gasteiger partial charge in [0.15, 0.2) is 0 Å². The van der Waals surface area contributed by atoms with Crippen molar-refractivity contribution in [2.24, 2.45) is 0 Å². The quantitative estimate of drug-likeness (QED) is 0.711. The molecule has 112 valence electrons. The van der Waals surface area contributed by atoms with E-state index in [0.29, 0.717) is 5.69 Å². The lowest BCUT2D eigenvalue weighted by Crippen LogP contribution is -2.31. The Balaban J connectivity index is 3.02. The number of rotatable bonds is 7. The predicted molar refractivity (Wildman–Crippen MR) is 77.2 cm³/mol. The third-order valence-electron chi connectivity index (χ3n) is 2.45. The van der Waals surface area contributed by atoms with Crippen LogP contribution in [0.1, 0.15) is 27.2 Å². The van der Waals surface area contributed by atoms with E-state index in [-0.39, 0.29) is 23.4 Å². The van der Waals surface area contributed by atoms with Crippen molar-refractivity contribution in [2.45, 2.75) is 44.2 Å². The summed E-state index contributed by atoms with van der Waals surface area (Å²) in [6.07, 6.45) is -0.0913. The molecule has 0 amide bonds. The Morgan fingerprint density at radius 3 is 2.40 bits per heavy atom. The fourth-order valence-electron chi connectivity index (χ4n) is 1.77. The van der Waals surface area contributed by atoms with E-state index in [9.17, 15) is 13.2 Å². The van der Waals surface area contributed by atoms with Crippen LogP contribution >= 0.6 is 0 Å². The molecule has 0 fully saturated rings. The molecular formula is C13H20N2O4S. The maximum absolute atomic E-state index is 12.2. The molecule has 1 aromatic rings. The van der Waals surface area contributed by atoms with E-state index in [1.165, 1.54) is 6.07 Å². The smallest absolute Gasteiger partial charge is 0.305 e. The van der Waals surface area contributed by atoms with Gasteiger partial charge in [0.1, 0.15) is 4.90 Å². The van der Waals surface area contributed by atoms with Crippen LogP contribution in [0.15, 0.2) is 29.2 Å². The number of sulfonamides is 1.